The maximum Gasteiger partial charge on any atom is 0.303 e. The zero-order valence-electron chi connectivity index (χ0n) is 29.5. The molecular formula is C38H60NO6. The van der Waals surface area contributed by atoms with Gasteiger partial charge in [-0.05, 0) is 103 Å². The van der Waals surface area contributed by atoms with Crippen LogP contribution in [0, 0.1) is 68.9 Å². The highest BCUT2D eigenvalue weighted by atomic mass is 16.7. The molecule has 0 bridgehead atoms. The summed E-state index contributed by atoms with van der Waals surface area (Å²) in [5.74, 6) is 2.61. The normalized spacial score (nSPS) is 49.0. The summed E-state index contributed by atoms with van der Waals surface area (Å²) in [6.45, 7) is 23.6. The van der Waals surface area contributed by atoms with Crippen molar-refractivity contribution in [2.75, 3.05) is 26.2 Å². The Balaban J connectivity index is 1.14. The first-order valence-corrected chi connectivity index (χ1v) is 18.3. The molecule has 2 aliphatic heterocycles. The first-order valence-electron chi connectivity index (χ1n) is 18.3. The molecule has 7 aliphatic rings. The summed E-state index contributed by atoms with van der Waals surface area (Å²) in [4.78, 5) is 14.5. The molecule has 11 atom stereocenters. The second-order valence-corrected chi connectivity index (χ2v) is 17.6. The molecule has 0 aromatic heterocycles. The number of aliphatic hydroxyl groups is 1. The van der Waals surface area contributed by atoms with Crippen LogP contribution in [0.15, 0.2) is 0 Å². The van der Waals surface area contributed by atoms with Crippen LogP contribution in [0.2, 0.25) is 0 Å². The molecule has 0 aromatic rings. The van der Waals surface area contributed by atoms with Gasteiger partial charge in [0.1, 0.15) is 18.3 Å². The fourth-order valence-corrected chi connectivity index (χ4v) is 12.8. The molecule has 45 heavy (non-hydrogen) atoms. The number of likely N-dealkylation sites (N-methyl/N-ethyl adjacent to an activating group) is 1. The predicted octanol–water partition coefficient (Wildman–Crippen LogP) is 6.74. The highest BCUT2D eigenvalue weighted by Gasteiger charge is 2.85. The monoisotopic (exact) mass is 626 g/mol. The molecule has 7 rings (SSSR count). The van der Waals surface area contributed by atoms with Gasteiger partial charge < -0.3 is 24.1 Å². The highest BCUT2D eigenvalue weighted by molar-refractivity contribution is 5.66. The van der Waals surface area contributed by atoms with E-state index < -0.39 is 12.2 Å². The summed E-state index contributed by atoms with van der Waals surface area (Å²) in [6, 6.07) is 0. The molecule has 2 saturated heterocycles. The van der Waals surface area contributed by atoms with E-state index in [4.69, 9.17) is 18.9 Å². The molecule has 1 N–H and O–H groups in total. The van der Waals surface area contributed by atoms with Crippen LogP contribution >= 0.6 is 0 Å². The number of nitrogens with zero attached hydrogens (tertiary/aromatic N) is 1. The number of morpholine rings is 1. The molecule has 5 saturated carbocycles. The second-order valence-electron chi connectivity index (χ2n) is 17.6. The van der Waals surface area contributed by atoms with Crippen LogP contribution in [-0.2, 0) is 23.7 Å². The van der Waals surface area contributed by atoms with E-state index in [9.17, 15) is 9.90 Å². The number of aliphatic hydroxyl groups excluding tert-OH is 1. The Morgan fingerprint density at radius 2 is 1.89 bits per heavy atom. The quantitative estimate of drug-likeness (QED) is 0.328. The Morgan fingerprint density at radius 1 is 1.13 bits per heavy atom. The maximum absolute atomic E-state index is 12.5. The van der Waals surface area contributed by atoms with Crippen LogP contribution in [-0.4, -0.2) is 66.8 Å². The van der Waals surface area contributed by atoms with Gasteiger partial charge >= 0.3 is 5.97 Å². The van der Waals surface area contributed by atoms with Crippen LogP contribution in [0.25, 0.3) is 0 Å². The van der Waals surface area contributed by atoms with Gasteiger partial charge in [0.2, 0.25) is 0 Å². The third kappa shape index (κ3) is 4.41. The summed E-state index contributed by atoms with van der Waals surface area (Å²) in [5.41, 5.74) is 0.230. The Morgan fingerprint density at radius 3 is 2.58 bits per heavy atom. The van der Waals surface area contributed by atoms with Gasteiger partial charge in [0.15, 0.2) is 6.29 Å². The van der Waals surface area contributed by atoms with E-state index in [1.807, 2.05) is 0 Å². The molecule has 3 radical (unpaired) electrons. The van der Waals surface area contributed by atoms with Crippen LogP contribution in [0.1, 0.15) is 114 Å². The van der Waals surface area contributed by atoms with Gasteiger partial charge in [0.05, 0.1) is 18.8 Å². The lowest BCUT2D eigenvalue weighted by atomic mass is 9.41. The van der Waals surface area contributed by atoms with Gasteiger partial charge in [-0.1, -0.05) is 55.4 Å². The highest BCUT2D eigenvalue weighted by Crippen LogP contribution is 2.90. The third-order valence-electron chi connectivity index (χ3n) is 15.1. The van der Waals surface area contributed by atoms with E-state index in [1.165, 1.54) is 32.6 Å². The van der Waals surface area contributed by atoms with Gasteiger partial charge in [0.25, 0.3) is 0 Å². The van der Waals surface area contributed by atoms with Crippen molar-refractivity contribution in [2.45, 2.75) is 138 Å². The van der Waals surface area contributed by atoms with Gasteiger partial charge in [-0.25, -0.2) is 0 Å². The minimum atomic E-state index is -0.644. The fraction of sp³-hybridized carbons (Fsp3) is 0.895. The Hall–Kier alpha value is -0.730. The first kappa shape index (κ1) is 32.8. The van der Waals surface area contributed by atoms with Gasteiger partial charge in [-0.3, -0.25) is 9.69 Å². The summed E-state index contributed by atoms with van der Waals surface area (Å²) >= 11 is 0. The molecule has 7 fully saturated rings. The lowest BCUT2D eigenvalue weighted by Gasteiger charge is -2.63. The Kier molecular flexibility index (Phi) is 7.94. The van der Waals surface area contributed by atoms with E-state index >= 15 is 0 Å². The standard InChI is InChI=1S/C38H60NO6/c1-10-39-17-18-42-29(20-39)45-28-13-14-37-21-38(37)16-15-35(8)30-23(4)19-25(31(22(2)3)43-24(5)40)44-32(30)33(41)36(35,9)27(38)12-11-26(37)34(28,6)7/h22-23,26,28-31,33,41H,10-21H2,1-9H3/t23-,26+,28+,29?,30+,31-,33+,35-,36-,37-,38+/m1/s1. The Bertz CT molecular complexity index is 1160. The van der Waals surface area contributed by atoms with Crippen molar-refractivity contribution in [2.24, 2.45) is 50.7 Å². The van der Waals surface area contributed by atoms with Gasteiger partial charge in [-0.2, -0.15) is 0 Å². The van der Waals surface area contributed by atoms with Crippen molar-refractivity contribution in [1.29, 1.82) is 0 Å². The van der Waals surface area contributed by atoms with E-state index in [0.29, 0.717) is 17.3 Å². The number of carbonyl (C=O) groups is 1. The minimum Gasteiger partial charge on any atom is -0.459 e. The number of carbonyl (C=O) groups excluding carboxylic acids is 1. The molecule has 7 heteroatoms. The van der Waals surface area contributed by atoms with Crippen molar-refractivity contribution in [3.8, 4) is 0 Å². The Labute approximate surface area is 272 Å². The average molecular weight is 627 g/mol. The van der Waals surface area contributed by atoms with E-state index in [2.05, 4.69) is 60.3 Å². The number of rotatable bonds is 6. The molecule has 2 spiro atoms. The zero-order valence-corrected chi connectivity index (χ0v) is 29.5. The molecule has 0 aromatic carbocycles. The summed E-state index contributed by atoms with van der Waals surface area (Å²) in [5, 5.41) is 12.5. The van der Waals surface area contributed by atoms with E-state index in [1.54, 1.807) is 5.92 Å². The van der Waals surface area contributed by atoms with Crippen molar-refractivity contribution < 1.29 is 28.8 Å². The lowest BCUT2D eigenvalue weighted by Crippen LogP contribution is -2.59. The molecule has 5 aliphatic carbocycles. The van der Waals surface area contributed by atoms with Crippen molar-refractivity contribution in [3.63, 3.8) is 0 Å². The average Bonchev–Trinajstić information content (AvgIpc) is 3.62. The molecule has 2 heterocycles. The number of ether oxygens (including phenoxy) is 4. The smallest absolute Gasteiger partial charge is 0.303 e. The van der Waals surface area contributed by atoms with Gasteiger partial charge in [-0.15, -0.1) is 0 Å². The van der Waals surface area contributed by atoms with Crippen molar-refractivity contribution >= 4 is 5.97 Å². The van der Waals surface area contributed by atoms with Crippen LogP contribution in [0.4, 0.5) is 0 Å². The predicted molar refractivity (Wildman–Crippen MR) is 172 cm³/mol. The SMILES string of the molecule is CCN1CCOC(O[C@H]2CC[C@]34C[C@]35CC[C@]3(C)[C@@H]6[C](O[C]([C@H](OC(C)=O)C(C)C)C[C@H]6C)[C@H](O)[C@@]3(C)[C]5CC[C@H]4C2(C)C)C1. The van der Waals surface area contributed by atoms with Gasteiger partial charge in [0, 0.05) is 31.3 Å². The lowest BCUT2D eigenvalue weighted by molar-refractivity contribution is -0.243. The summed E-state index contributed by atoms with van der Waals surface area (Å²) in [6.07, 6.45) is 9.67. The third-order valence-corrected chi connectivity index (χ3v) is 15.1. The van der Waals surface area contributed by atoms with Crippen LogP contribution in [0.3, 0.4) is 0 Å². The largest absolute Gasteiger partial charge is 0.459 e. The first-order chi connectivity index (χ1) is 21.2. The molecular weight excluding hydrogens is 566 g/mol. The van der Waals surface area contributed by atoms with Crippen molar-refractivity contribution in [3.05, 3.63) is 18.1 Å². The summed E-state index contributed by atoms with van der Waals surface area (Å²) in [7, 11) is 0. The van der Waals surface area contributed by atoms with E-state index in [0.717, 1.165) is 64.1 Å². The number of hydrogen-bond donors (Lipinski definition) is 1. The molecule has 0 amide bonds. The second kappa shape index (κ2) is 10.9. The van der Waals surface area contributed by atoms with Crippen LogP contribution < -0.4 is 0 Å². The fourth-order valence-electron chi connectivity index (χ4n) is 12.8. The number of esters is 1. The topological polar surface area (TPSA) is 77.5 Å². The maximum atomic E-state index is 12.5. The molecule has 1 unspecified atom stereocenters. The molecule has 253 valence electrons. The van der Waals surface area contributed by atoms with Crippen LogP contribution in [0.5, 0.6) is 0 Å². The number of fused-ring (bicyclic) bond motifs is 4. The summed E-state index contributed by atoms with van der Waals surface area (Å²) < 4.78 is 25.5. The van der Waals surface area contributed by atoms with Crippen molar-refractivity contribution in [1.82, 2.24) is 4.90 Å². The van der Waals surface area contributed by atoms with E-state index in [-0.39, 0.29) is 51.9 Å². The molecule has 7 nitrogen and oxygen atoms in total. The zero-order chi connectivity index (χ0) is 32.3. The number of hydrogen-bond acceptors (Lipinski definition) is 7. The minimum absolute atomic E-state index is 0.0576.